The highest BCUT2D eigenvalue weighted by Crippen LogP contribution is 2.30. The number of likely N-dealkylation sites (tertiary alicyclic amines) is 1. The Morgan fingerprint density at radius 3 is 2.30 bits per heavy atom. The Labute approximate surface area is 194 Å². The summed E-state index contributed by atoms with van der Waals surface area (Å²) in [5.41, 5.74) is 3.67. The number of anilines is 2. The molecule has 1 N–H and O–H groups in total. The van der Waals surface area contributed by atoms with Crippen molar-refractivity contribution in [3.63, 3.8) is 0 Å². The molecule has 2 saturated heterocycles. The maximum Gasteiger partial charge on any atom is 0.228 e. The Kier molecular flexibility index (Phi) is 6.67. The zero-order chi connectivity index (χ0) is 23.5. The first-order chi connectivity index (χ1) is 15.9. The summed E-state index contributed by atoms with van der Waals surface area (Å²) >= 11 is 0. The minimum atomic E-state index is -0.333. The molecule has 0 bridgehead atoms. The van der Waals surface area contributed by atoms with E-state index in [1.807, 2.05) is 61.2 Å². The first-order valence-electron chi connectivity index (χ1n) is 11.5. The highest BCUT2D eigenvalue weighted by atomic mass is 16.5. The van der Waals surface area contributed by atoms with Crippen molar-refractivity contribution < 1.29 is 19.1 Å². The van der Waals surface area contributed by atoms with Gasteiger partial charge in [0.1, 0.15) is 5.75 Å². The molecule has 1 atom stereocenters. The van der Waals surface area contributed by atoms with Crippen LogP contribution >= 0.6 is 0 Å². The first-order valence-corrected chi connectivity index (χ1v) is 11.5. The maximum absolute atomic E-state index is 13.1. The van der Waals surface area contributed by atoms with Gasteiger partial charge in [0.2, 0.25) is 17.7 Å². The molecule has 0 aromatic heterocycles. The van der Waals surface area contributed by atoms with Gasteiger partial charge < -0.3 is 19.9 Å². The predicted molar refractivity (Wildman–Crippen MR) is 127 cm³/mol. The third-order valence-corrected chi connectivity index (χ3v) is 6.61. The number of carbonyl (C=O) groups is 3. The number of nitrogens with zero attached hydrogens (tertiary/aromatic N) is 2. The van der Waals surface area contributed by atoms with Crippen LogP contribution in [0.5, 0.6) is 5.75 Å². The van der Waals surface area contributed by atoms with E-state index in [1.54, 1.807) is 12.0 Å². The van der Waals surface area contributed by atoms with Crippen LogP contribution in [0.4, 0.5) is 11.4 Å². The Hall–Kier alpha value is -3.35. The summed E-state index contributed by atoms with van der Waals surface area (Å²) in [6.45, 7) is 5.43. The molecular weight excluding hydrogens is 418 g/mol. The minimum Gasteiger partial charge on any atom is -0.495 e. The van der Waals surface area contributed by atoms with E-state index < -0.39 is 0 Å². The summed E-state index contributed by atoms with van der Waals surface area (Å²) in [5.74, 6) is 0.0863. The second-order valence-electron chi connectivity index (χ2n) is 9.03. The van der Waals surface area contributed by atoms with Crippen molar-refractivity contribution in [1.82, 2.24) is 4.90 Å². The van der Waals surface area contributed by atoms with Crippen LogP contribution in [-0.2, 0) is 14.4 Å². The van der Waals surface area contributed by atoms with Crippen LogP contribution in [0.15, 0.2) is 42.5 Å². The SMILES string of the molecule is COc1ccc(C)cc1NC(=O)C1CCN(C(=O)[C@@H]2CC(=O)N(c3ccc(C)cc3)C2)CC1. The molecule has 0 unspecified atom stereocenters. The second kappa shape index (κ2) is 9.65. The number of aryl methyl sites for hydroxylation is 2. The molecule has 2 heterocycles. The number of methoxy groups -OCH3 is 1. The summed E-state index contributed by atoms with van der Waals surface area (Å²) < 4.78 is 5.35. The van der Waals surface area contributed by atoms with E-state index >= 15 is 0 Å². The van der Waals surface area contributed by atoms with Crippen molar-refractivity contribution in [2.75, 3.05) is 37.0 Å². The van der Waals surface area contributed by atoms with Gasteiger partial charge in [0.05, 0.1) is 18.7 Å². The number of nitrogens with one attached hydrogen (secondary N) is 1. The zero-order valence-corrected chi connectivity index (χ0v) is 19.5. The predicted octanol–water partition coefficient (Wildman–Crippen LogP) is 3.54. The lowest BCUT2D eigenvalue weighted by atomic mass is 9.94. The number of hydrogen-bond acceptors (Lipinski definition) is 4. The minimum absolute atomic E-state index is 0.0113. The van der Waals surface area contributed by atoms with Gasteiger partial charge in [-0.05, 0) is 56.5 Å². The van der Waals surface area contributed by atoms with E-state index in [9.17, 15) is 14.4 Å². The van der Waals surface area contributed by atoms with Gasteiger partial charge in [-0.3, -0.25) is 14.4 Å². The fraction of sp³-hybridized carbons (Fsp3) is 0.423. The maximum atomic E-state index is 13.1. The molecule has 0 radical (unpaired) electrons. The van der Waals surface area contributed by atoms with Gasteiger partial charge in [-0.2, -0.15) is 0 Å². The quantitative estimate of drug-likeness (QED) is 0.757. The molecule has 0 aliphatic carbocycles. The molecule has 2 aromatic rings. The van der Waals surface area contributed by atoms with Crippen molar-refractivity contribution >= 4 is 29.1 Å². The van der Waals surface area contributed by atoms with Crippen molar-refractivity contribution in [3.8, 4) is 5.75 Å². The Morgan fingerprint density at radius 1 is 0.970 bits per heavy atom. The monoisotopic (exact) mass is 449 g/mol. The molecule has 7 nitrogen and oxygen atoms in total. The molecule has 2 aliphatic heterocycles. The van der Waals surface area contributed by atoms with Crippen LogP contribution in [0.1, 0.15) is 30.4 Å². The van der Waals surface area contributed by atoms with Crippen LogP contribution in [-0.4, -0.2) is 49.4 Å². The Balaban J connectivity index is 1.32. The fourth-order valence-electron chi connectivity index (χ4n) is 4.62. The number of carbonyl (C=O) groups excluding carboxylic acids is 3. The standard InChI is InChI=1S/C26H31N3O4/c1-17-4-7-21(8-5-17)29-16-20(15-24(29)30)26(32)28-12-10-19(11-13-28)25(31)27-22-14-18(2)6-9-23(22)33-3/h4-9,14,19-20H,10-13,15-16H2,1-3H3,(H,27,31)/t20-/m1/s1. The van der Waals surface area contributed by atoms with E-state index in [2.05, 4.69) is 5.32 Å². The van der Waals surface area contributed by atoms with Crippen molar-refractivity contribution in [2.24, 2.45) is 11.8 Å². The van der Waals surface area contributed by atoms with Crippen LogP contribution in [0.2, 0.25) is 0 Å². The van der Waals surface area contributed by atoms with Crippen molar-refractivity contribution in [1.29, 1.82) is 0 Å². The van der Waals surface area contributed by atoms with E-state index in [-0.39, 0.29) is 36.0 Å². The smallest absolute Gasteiger partial charge is 0.228 e. The molecule has 3 amide bonds. The molecule has 174 valence electrons. The van der Waals surface area contributed by atoms with Crippen LogP contribution < -0.4 is 15.0 Å². The number of ether oxygens (including phenoxy) is 1. The molecule has 2 fully saturated rings. The van der Waals surface area contributed by atoms with E-state index in [1.165, 1.54) is 0 Å². The largest absolute Gasteiger partial charge is 0.495 e. The molecule has 2 aromatic carbocycles. The summed E-state index contributed by atoms with van der Waals surface area (Å²) in [7, 11) is 1.58. The lowest BCUT2D eigenvalue weighted by Gasteiger charge is -2.33. The number of rotatable bonds is 5. The summed E-state index contributed by atoms with van der Waals surface area (Å²) in [6, 6.07) is 13.5. The third kappa shape index (κ3) is 5.02. The van der Waals surface area contributed by atoms with E-state index in [0.29, 0.717) is 43.9 Å². The first kappa shape index (κ1) is 22.8. The average Bonchev–Trinajstić information content (AvgIpc) is 3.21. The van der Waals surface area contributed by atoms with Crippen molar-refractivity contribution in [2.45, 2.75) is 33.1 Å². The Morgan fingerprint density at radius 2 is 1.64 bits per heavy atom. The van der Waals surface area contributed by atoms with Crippen LogP contribution in [0, 0.1) is 25.7 Å². The van der Waals surface area contributed by atoms with Gasteiger partial charge in [-0.1, -0.05) is 23.8 Å². The summed E-state index contributed by atoms with van der Waals surface area (Å²) in [5, 5.41) is 2.99. The van der Waals surface area contributed by atoms with Gasteiger partial charge in [-0.15, -0.1) is 0 Å². The number of benzene rings is 2. The van der Waals surface area contributed by atoms with Gasteiger partial charge in [0, 0.05) is 37.7 Å². The molecule has 7 heteroatoms. The molecule has 2 aliphatic rings. The lowest BCUT2D eigenvalue weighted by Crippen LogP contribution is -2.44. The number of piperidine rings is 1. The third-order valence-electron chi connectivity index (χ3n) is 6.61. The zero-order valence-electron chi connectivity index (χ0n) is 19.5. The van der Waals surface area contributed by atoms with Crippen molar-refractivity contribution in [3.05, 3.63) is 53.6 Å². The van der Waals surface area contributed by atoms with Gasteiger partial charge >= 0.3 is 0 Å². The fourth-order valence-corrected chi connectivity index (χ4v) is 4.62. The molecule has 0 spiro atoms. The average molecular weight is 450 g/mol. The molecule has 33 heavy (non-hydrogen) atoms. The van der Waals surface area contributed by atoms with Gasteiger partial charge in [-0.25, -0.2) is 0 Å². The normalized spacial score (nSPS) is 19.0. The highest BCUT2D eigenvalue weighted by Gasteiger charge is 2.38. The van der Waals surface area contributed by atoms with E-state index in [0.717, 1.165) is 16.8 Å². The number of hydrogen-bond donors (Lipinski definition) is 1. The molecule has 4 rings (SSSR count). The lowest BCUT2D eigenvalue weighted by molar-refractivity contribution is -0.138. The molecule has 0 saturated carbocycles. The topological polar surface area (TPSA) is 79.0 Å². The van der Waals surface area contributed by atoms with Crippen LogP contribution in [0.3, 0.4) is 0 Å². The second-order valence-corrected chi connectivity index (χ2v) is 9.03. The molecular formula is C26H31N3O4. The number of amides is 3. The van der Waals surface area contributed by atoms with Gasteiger partial charge in [0.25, 0.3) is 0 Å². The van der Waals surface area contributed by atoms with Gasteiger partial charge in [0.15, 0.2) is 0 Å². The van der Waals surface area contributed by atoms with Crippen LogP contribution in [0.25, 0.3) is 0 Å². The Bertz CT molecular complexity index is 1040. The summed E-state index contributed by atoms with van der Waals surface area (Å²) in [6.07, 6.45) is 1.45. The van der Waals surface area contributed by atoms with E-state index in [4.69, 9.17) is 4.74 Å². The summed E-state index contributed by atoms with van der Waals surface area (Å²) in [4.78, 5) is 42.0. The highest BCUT2D eigenvalue weighted by molar-refractivity contribution is 6.00.